The predicted octanol–water partition coefficient (Wildman–Crippen LogP) is 4.56. The van der Waals surface area contributed by atoms with Crippen molar-refractivity contribution < 1.29 is 4.79 Å². The Bertz CT molecular complexity index is 1590. The number of carbonyl (C=O) groups is 1. The summed E-state index contributed by atoms with van der Waals surface area (Å²) in [6.45, 7) is 0.0580. The van der Waals surface area contributed by atoms with Gasteiger partial charge in [-0.25, -0.2) is 5.43 Å². The van der Waals surface area contributed by atoms with Crippen LogP contribution in [-0.2, 0) is 24.2 Å². The van der Waals surface area contributed by atoms with Crippen molar-refractivity contribution in [2.24, 2.45) is 5.10 Å². The highest BCUT2D eigenvalue weighted by Gasteiger charge is 2.15. The number of pyridine rings is 1. The Morgan fingerprint density at radius 1 is 0.818 bits per heavy atom. The molecule has 33 heavy (non-hydrogen) atoms. The van der Waals surface area contributed by atoms with Crippen LogP contribution in [0.15, 0.2) is 88.8 Å². The van der Waals surface area contributed by atoms with Gasteiger partial charge in [0.2, 0.25) is 0 Å². The van der Waals surface area contributed by atoms with E-state index in [-0.39, 0.29) is 17.9 Å². The van der Waals surface area contributed by atoms with Gasteiger partial charge in [-0.3, -0.25) is 9.59 Å². The van der Waals surface area contributed by atoms with Gasteiger partial charge < -0.3 is 4.57 Å². The number of hydrazone groups is 1. The number of carbonyl (C=O) groups excluding carboxylic acids is 1. The number of amides is 1. The number of aryl methyl sites for hydroxylation is 2. The van der Waals surface area contributed by atoms with E-state index in [9.17, 15) is 9.59 Å². The van der Waals surface area contributed by atoms with Crippen molar-refractivity contribution in [3.63, 3.8) is 0 Å². The van der Waals surface area contributed by atoms with Gasteiger partial charge in [-0.1, -0.05) is 54.6 Å². The zero-order valence-corrected chi connectivity index (χ0v) is 17.9. The first-order chi connectivity index (χ1) is 16.2. The molecule has 0 bridgehead atoms. The van der Waals surface area contributed by atoms with Gasteiger partial charge in [0, 0.05) is 16.3 Å². The van der Waals surface area contributed by atoms with Gasteiger partial charge in [0.1, 0.15) is 6.54 Å². The average molecular weight is 431 g/mol. The summed E-state index contributed by atoms with van der Waals surface area (Å²) < 4.78 is 1.87. The Morgan fingerprint density at radius 2 is 1.45 bits per heavy atom. The van der Waals surface area contributed by atoms with Gasteiger partial charge in [0.15, 0.2) is 5.43 Å². The second-order valence-corrected chi connectivity index (χ2v) is 8.40. The molecule has 0 aliphatic heterocycles. The highest BCUT2D eigenvalue weighted by molar-refractivity contribution is 6.03. The van der Waals surface area contributed by atoms with Crippen molar-refractivity contribution in [2.75, 3.05) is 0 Å². The number of nitrogens with one attached hydrogen (secondary N) is 1. The van der Waals surface area contributed by atoms with Crippen LogP contribution in [-0.4, -0.2) is 16.7 Å². The number of nitrogens with zero attached hydrogens (tertiary/aromatic N) is 2. The molecule has 0 atom stereocenters. The summed E-state index contributed by atoms with van der Waals surface area (Å²) in [5.74, 6) is -0.254. The smallest absolute Gasteiger partial charge is 0.260 e. The van der Waals surface area contributed by atoms with Crippen molar-refractivity contribution in [3.8, 4) is 0 Å². The molecule has 0 saturated heterocycles. The summed E-state index contributed by atoms with van der Waals surface area (Å²) in [4.78, 5) is 25.7. The van der Waals surface area contributed by atoms with E-state index in [0.29, 0.717) is 10.8 Å². The van der Waals surface area contributed by atoms with Gasteiger partial charge in [-0.15, -0.1) is 0 Å². The van der Waals surface area contributed by atoms with Crippen molar-refractivity contribution in [2.45, 2.75) is 19.4 Å². The SMILES string of the molecule is O=C(Cn1c2ccccc2c(=O)c2ccccc21)N/N=C\c1ccc2c3c(cccc13)CC2. The van der Waals surface area contributed by atoms with Crippen LogP contribution < -0.4 is 10.9 Å². The van der Waals surface area contributed by atoms with Crippen LogP contribution in [0.4, 0.5) is 0 Å². The minimum Gasteiger partial charge on any atom is -0.331 e. The molecule has 5 aromatic rings. The molecule has 1 aromatic heterocycles. The Labute approximate surface area is 190 Å². The van der Waals surface area contributed by atoms with Crippen molar-refractivity contribution in [1.29, 1.82) is 0 Å². The van der Waals surface area contributed by atoms with Crippen molar-refractivity contribution >= 4 is 44.7 Å². The predicted molar refractivity (Wildman–Crippen MR) is 133 cm³/mol. The van der Waals surface area contributed by atoms with Crippen LogP contribution in [0, 0.1) is 0 Å². The Morgan fingerprint density at radius 3 is 2.18 bits per heavy atom. The number of fused-ring (bicyclic) bond motifs is 2. The third-order valence-electron chi connectivity index (χ3n) is 6.48. The fourth-order valence-corrected chi connectivity index (χ4v) is 4.98. The van der Waals surface area contributed by atoms with E-state index in [4.69, 9.17) is 0 Å². The van der Waals surface area contributed by atoms with E-state index in [1.165, 1.54) is 16.5 Å². The highest BCUT2D eigenvalue weighted by atomic mass is 16.2. The number of hydrogen-bond acceptors (Lipinski definition) is 3. The monoisotopic (exact) mass is 431 g/mol. The standard InChI is InChI=1S/C28H21N3O2/c32-26(30-29-16-20-15-14-19-13-12-18-6-5-9-21(20)27(18)19)17-31-24-10-3-1-7-22(24)28(33)23-8-2-4-11-25(23)31/h1-11,14-16H,12-13,17H2,(H,30,32)/b29-16-. The Balaban J connectivity index is 1.31. The Kier molecular flexibility index (Phi) is 4.54. The van der Waals surface area contributed by atoms with Crippen LogP contribution >= 0.6 is 0 Å². The minimum absolute atomic E-state index is 0.0251. The maximum atomic E-state index is 12.9. The third kappa shape index (κ3) is 3.21. The zero-order valence-electron chi connectivity index (χ0n) is 17.9. The lowest BCUT2D eigenvalue weighted by Gasteiger charge is -2.14. The molecule has 1 heterocycles. The van der Waals surface area contributed by atoms with Crippen LogP contribution in [0.25, 0.3) is 32.6 Å². The highest BCUT2D eigenvalue weighted by Crippen LogP contribution is 2.32. The number of para-hydroxylation sites is 2. The van der Waals surface area contributed by atoms with E-state index >= 15 is 0 Å². The van der Waals surface area contributed by atoms with Gasteiger partial charge in [0.05, 0.1) is 17.2 Å². The average Bonchev–Trinajstić information content (AvgIpc) is 3.28. The molecule has 5 heteroatoms. The van der Waals surface area contributed by atoms with Gasteiger partial charge >= 0.3 is 0 Å². The number of benzene rings is 4. The molecule has 4 aromatic carbocycles. The molecule has 1 aliphatic rings. The van der Waals surface area contributed by atoms with E-state index in [1.807, 2.05) is 41.0 Å². The number of rotatable bonds is 4. The molecule has 0 fully saturated rings. The maximum Gasteiger partial charge on any atom is 0.260 e. The molecule has 0 radical (unpaired) electrons. The van der Waals surface area contributed by atoms with Gasteiger partial charge in [-0.2, -0.15) is 5.10 Å². The van der Waals surface area contributed by atoms with Crippen LogP contribution in [0.2, 0.25) is 0 Å². The molecule has 5 nitrogen and oxygen atoms in total. The van der Waals surface area contributed by atoms with E-state index in [1.54, 1.807) is 18.3 Å². The quantitative estimate of drug-likeness (QED) is 0.258. The lowest BCUT2D eigenvalue weighted by molar-refractivity contribution is -0.121. The molecule has 0 unspecified atom stereocenters. The molecule has 1 aliphatic carbocycles. The third-order valence-corrected chi connectivity index (χ3v) is 6.48. The molecule has 6 rings (SSSR count). The lowest BCUT2D eigenvalue weighted by atomic mass is 10.0. The van der Waals surface area contributed by atoms with E-state index in [2.05, 4.69) is 40.9 Å². The van der Waals surface area contributed by atoms with Gasteiger partial charge in [-0.05, 0) is 59.0 Å². The number of aromatic nitrogens is 1. The summed E-state index contributed by atoms with van der Waals surface area (Å²) in [6.07, 6.45) is 3.86. The number of hydrogen-bond donors (Lipinski definition) is 1. The fraction of sp³-hybridized carbons (Fsp3) is 0.107. The van der Waals surface area contributed by atoms with Gasteiger partial charge in [0.25, 0.3) is 5.91 Å². The van der Waals surface area contributed by atoms with Crippen LogP contribution in [0.1, 0.15) is 16.7 Å². The molecular formula is C28H21N3O2. The first kappa shape index (κ1) is 19.4. The second-order valence-electron chi connectivity index (χ2n) is 8.40. The summed E-state index contributed by atoms with van der Waals surface area (Å²) >= 11 is 0. The minimum atomic E-state index is -0.254. The molecule has 1 N–H and O–H groups in total. The van der Waals surface area contributed by atoms with Crippen molar-refractivity contribution in [3.05, 3.63) is 106 Å². The normalized spacial score (nSPS) is 12.8. The van der Waals surface area contributed by atoms with E-state index in [0.717, 1.165) is 34.8 Å². The summed E-state index contributed by atoms with van der Waals surface area (Å²) in [6, 6.07) is 25.3. The van der Waals surface area contributed by atoms with Crippen LogP contribution in [0.5, 0.6) is 0 Å². The van der Waals surface area contributed by atoms with Crippen LogP contribution in [0.3, 0.4) is 0 Å². The summed E-state index contributed by atoms with van der Waals surface area (Å²) in [7, 11) is 0. The van der Waals surface area contributed by atoms with E-state index < -0.39 is 0 Å². The molecule has 1 amide bonds. The topological polar surface area (TPSA) is 63.5 Å². The largest absolute Gasteiger partial charge is 0.331 e. The maximum absolute atomic E-state index is 12.9. The van der Waals surface area contributed by atoms with Crippen molar-refractivity contribution in [1.82, 2.24) is 9.99 Å². The molecule has 160 valence electrons. The zero-order chi connectivity index (χ0) is 22.4. The second kappa shape index (κ2) is 7.71. The Hall–Kier alpha value is -4.25. The lowest BCUT2D eigenvalue weighted by Crippen LogP contribution is -2.25. The fourth-order valence-electron chi connectivity index (χ4n) is 4.98. The first-order valence-corrected chi connectivity index (χ1v) is 11.1. The molecule has 0 spiro atoms. The summed E-state index contributed by atoms with van der Waals surface area (Å²) in [5, 5.41) is 7.92. The molecule has 0 saturated carbocycles. The summed E-state index contributed by atoms with van der Waals surface area (Å²) in [5.41, 5.74) is 7.83. The first-order valence-electron chi connectivity index (χ1n) is 11.1. The molecular weight excluding hydrogens is 410 g/mol.